The second-order valence-corrected chi connectivity index (χ2v) is 4.22. The van der Waals surface area contributed by atoms with Crippen molar-refractivity contribution in [1.82, 2.24) is 10.3 Å². The minimum atomic E-state index is -0.212. The first-order chi connectivity index (χ1) is 9.63. The summed E-state index contributed by atoms with van der Waals surface area (Å²) >= 11 is 0. The fourth-order valence-electron chi connectivity index (χ4n) is 1.81. The molecule has 20 heavy (non-hydrogen) atoms. The number of nitrogens with two attached hydrogens (primary N) is 1. The summed E-state index contributed by atoms with van der Waals surface area (Å²) in [4.78, 5) is 14.7. The van der Waals surface area contributed by atoms with Crippen molar-refractivity contribution in [3.63, 3.8) is 0 Å². The normalized spacial score (nSPS) is 10.1. The van der Waals surface area contributed by atoms with Crippen molar-refractivity contribution in [1.29, 1.82) is 0 Å². The number of anilines is 1. The topological polar surface area (TPSA) is 89.4 Å². The molecule has 0 spiro atoms. The Morgan fingerprint density at radius 2 is 2.00 bits per heavy atom. The predicted molar refractivity (Wildman–Crippen MR) is 75.9 cm³/mol. The van der Waals surface area contributed by atoms with Crippen LogP contribution in [0.1, 0.15) is 16.1 Å². The van der Waals surface area contributed by atoms with E-state index in [-0.39, 0.29) is 5.91 Å². The van der Waals surface area contributed by atoms with Crippen molar-refractivity contribution in [2.75, 3.05) is 20.0 Å². The Morgan fingerprint density at radius 1 is 1.25 bits per heavy atom. The summed E-state index contributed by atoms with van der Waals surface area (Å²) in [5.41, 5.74) is 7.43. The molecule has 2 rings (SSSR count). The van der Waals surface area contributed by atoms with Gasteiger partial charge in [-0.1, -0.05) is 6.07 Å². The molecule has 0 saturated heterocycles. The summed E-state index contributed by atoms with van der Waals surface area (Å²) in [7, 11) is 3.15. The standard InChI is InChI=1S/C14H17N3O3/c1-19-12-4-3-9(5-13(12)20-2)7-17-14(18)11-6-10(15)8-16-11/h3-6,8,16H,7,15H2,1-2H3,(H,17,18). The number of ether oxygens (including phenoxy) is 2. The lowest BCUT2D eigenvalue weighted by Crippen LogP contribution is -2.23. The molecule has 1 aromatic heterocycles. The van der Waals surface area contributed by atoms with Crippen LogP contribution in [0.15, 0.2) is 30.5 Å². The number of aromatic nitrogens is 1. The molecule has 1 aromatic carbocycles. The Balaban J connectivity index is 2.02. The molecule has 0 bridgehead atoms. The summed E-state index contributed by atoms with van der Waals surface area (Å²) < 4.78 is 10.4. The largest absolute Gasteiger partial charge is 0.493 e. The van der Waals surface area contributed by atoms with Crippen LogP contribution >= 0.6 is 0 Å². The highest BCUT2D eigenvalue weighted by atomic mass is 16.5. The number of benzene rings is 1. The van der Waals surface area contributed by atoms with E-state index in [2.05, 4.69) is 10.3 Å². The van der Waals surface area contributed by atoms with Crippen molar-refractivity contribution in [3.8, 4) is 11.5 Å². The Labute approximate surface area is 116 Å². The van der Waals surface area contributed by atoms with Crippen LogP contribution in [-0.4, -0.2) is 25.1 Å². The quantitative estimate of drug-likeness (QED) is 0.772. The highest BCUT2D eigenvalue weighted by Crippen LogP contribution is 2.27. The van der Waals surface area contributed by atoms with Crippen molar-refractivity contribution in [2.24, 2.45) is 0 Å². The Kier molecular flexibility index (Phi) is 4.14. The number of carbonyl (C=O) groups excluding carboxylic acids is 1. The van der Waals surface area contributed by atoms with Crippen molar-refractivity contribution < 1.29 is 14.3 Å². The highest BCUT2D eigenvalue weighted by Gasteiger charge is 2.09. The second-order valence-electron chi connectivity index (χ2n) is 4.22. The van der Waals surface area contributed by atoms with Gasteiger partial charge in [0.15, 0.2) is 11.5 Å². The first-order valence-corrected chi connectivity index (χ1v) is 6.07. The van der Waals surface area contributed by atoms with Crippen molar-refractivity contribution >= 4 is 11.6 Å². The van der Waals surface area contributed by atoms with Gasteiger partial charge in [0.1, 0.15) is 5.69 Å². The Hall–Kier alpha value is -2.63. The van der Waals surface area contributed by atoms with Gasteiger partial charge in [0.25, 0.3) is 5.91 Å². The number of H-pyrrole nitrogens is 1. The molecule has 0 unspecified atom stereocenters. The Bertz CT molecular complexity index is 607. The summed E-state index contributed by atoms with van der Waals surface area (Å²) in [6, 6.07) is 7.07. The molecular formula is C14H17N3O3. The number of hydrogen-bond donors (Lipinski definition) is 3. The fraction of sp³-hybridized carbons (Fsp3) is 0.214. The summed E-state index contributed by atoms with van der Waals surface area (Å²) in [6.07, 6.45) is 1.57. The summed E-state index contributed by atoms with van der Waals surface area (Å²) in [5, 5.41) is 2.80. The molecule has 2 aromatic rings. The predicted octanol–water partition coefficient (Wildman–Crippen LogP) is 1.54. The number of methoxy groups -OCH3 is 2. The van der Waals surface area contributed by atoms with Crippen LogP contribution in [0.5, 0.6) is 11.5 Å². The Morgan fingerprint density at radius 3 is 2.60 bits per heavy atom. The molecule has 1 amide bonds. The van der Waals surface area contributed by atoms with Gasteiger partial charge in [0.2, 0.25) is 0 Å². The third-order valence-electron chi connectivity index (χ3n) is 2.85. The lowest BCUT2D eigenvalue weighted by atomic mass is 10.2. The molecule has 1 heterocycles. The number of nitrogens with one attached hydrogen (secondary N) is 2. The molecule has 0 atom stereocenters. The first-order valence-electron chi connectivity index (χ1n) is 6.07. The van der Waals surface area contributed by atoms with E-state index < -0.39 is 0 Å². The van der Waals surface area contributed by atoms with Crippen LogP contribution in [0.25, 0.3) is 0 Å². The van der Waals surface area contributed by atoms with Gasteiger partial charge < -0.3 is 25.5 Å². The number of nitrogen functional groups attached to an aromatic ring is 1. The fourth-order valence-corrected chi connectivity index (χ4v) is 1.81. The minimum Gasteiger partial charge on any atom is -0.493 e. The lowest BCUT2D eigenvalue weighted by Gasteiger charge is -2.10. The van der Waals surface area contributed by atoms with E-state index in [4.69, 9.17) is 15.2 Å². The lowest BCUT2D eigenvalue weighted by molar-refractivity contribution is 0.0946. The number of aromatic amines is 1. The van der Waals surface area contributed by atoms with Crippen LogP contribution in [0.2, 0.25) is 0 Å². The molecule has 0 aliphatic carbocycles. The van der Waals surface area contributed by atoms with Gasteiger partial charge in [-0.2, -0.15) is 0 Å². The summed E-state index contributed by atoms with van der Waals surface area (Å²) in [6.45, 7) is 0.387. The van der Waals surface area contributed by atoms with E-state index in [1.807, 2.05) is 12.1 Å². The molecule has 6 nitrogen and oxygen atoms in total. The van der Waals surface area contributed by atoms with Gasteiger partial charge in [0, 0.05) is 18.4 Å². The zero-order chi connectivity index (χ0) is 14.5. The van der Waals surface area contributed by atoms with Gasteiger partial charge in [0.05, 0.1) is 14.2 Å². The smallest absolute Gasteiger partial charge is 0.268 e. The maximum atomic E-state index is 11.9. The molecule has 4 N–H and O–H groups in total. The number of hydrogen-bond acceptors (Lipinski definition) is 4. The van der Waals surface area contributed by atoms with E-state index in [9.17, 15) is 4.79 Å². The van der Waals surface area contributed by atoms with E-state index in [1.165, 1.54) is 0 Å². The van der Waals surface area contributed by atoms with Crippen LogP contribution in [0, 0.1) is 0 Å². The maximum Gasteiger partial charge on any atom is 0.268 e. The molecule has 106 valence electrons. The van der Waals surface area contributed by atoms with E-state index in [1.54, 1.807) is 32.5 Å². The number of carbonyl (C=O) groups is 1. The van der Waals surface area contributed by atoms with Gasteiger partial charge in [-0.25, -0.2) is 0 Å². The zero-order valence-corrected chi connectivity index (χ0v) is 11.4. The highest BCUT2D eigenvalue weighted by molar-refractivity contribution is 5.93. The van der Waals surface area contributed by atoms with Crippen LogP contribution in [0.3, 0.4) is 0 Å². The summed E-state index contributed by atoms with van der Waals surface area (Å²) in [5.74, 6) is 1.07. The number of rotatable bonds is 5. The average Bonchev–Trinajstić information content (AvgIpc) is 2.91. The van der Waals surface area contributed by atoms with Gasteiger partial charge in [-0.3, -0.25) is 4.79 Å². The monoisotopic (exact) mass is 275 g/mol. The van der Waals surface area contributed by atoms with Gasteiger partial charge in [-0.15, -0.1) is 0 Å². The molecule has 0 fully saturated rings. The minimum absolute atomic E-state index is 0.212. The second kappa shape index (κ2) is 6.01. The number of amides is 1. The maximum absolute atomic E-state index is 11.9. The van der Waals surface area contributed by atoms with Gasteiger partial charge >= 0.3 is 0 Å². The van der Waals surface area contributed by atoms with E-state index in [0.29, 0.717) is 29.4 Å². The average molecular weight is 275 g/mol. The van der Waals surface area contributed by atoms with Crippen molar-refractivity contribution in [2.45, 2.75) is 6.54 Å². The molecule has 0 aliphatic heterocycles. The van der Waals surface area contributed by atoms with Crippen molar-refractivity contribution in [3.05, 3.63) is 41.7 Å². The third-order valence-corrected chi connectivity index (χ3v) is 2.85. The molecule has 6 heteroatoms. The van der Waals surface area contributed by atoms with Crippen LogP contribution < -0.4 is 20.5 Å². The third kappa shape index (κ3) is 3.03. The molecule has 0 saturated carbocycles. The van der Waals surface area contributed by atoms with E-state index >= 15 is 0 Å². The van der Waals surface area contributed by atoms with E-state index in [0.717, 1.165) is 5.56 Å². The first kappa shape index (κ1) is 13.8. The van der Waals surface area contributed by atoms with Crippen LogP contribution in [0.4, 0.5) is 5.69 Å². The van der Waals surface area contributed by atoms with Crippen LogP contribution in [-0.2, 0) is 6.54 Å². The zero-order valence-electron chi connectivity index (χ0n) is 11.4. The SMILES string of the molecule is COc1ccc(CNC(=O)c2cc(N)c[nH]2)cc1OC. The van der Waals surface area contributed by atoms with Gasteiger partial charge in [-0.05, 0) is 23.8 Å². The molecular weight excluding hydrogens is 258 g/mol. The molecule has 0 radical (unpaired) electrons. The molecule has 0 aliphatic rings.